The molecule has 3 heteroatoms. The highest BCUT2D eigenvalue weighted by molar-refractivity contribution is 5.33. The number of hydrogen-bond acceptors (Lipinski definition) is 3. The summed E-state index contributed by atoms with van der Waals surface area (Å²) >= 11 is 0. The van der Waals surface area contributed by atoms with Crippen LogP contribution in [0.5, 0.6) is 5.75 Å². The topological polar surface area (TPSA) is 38.5 Å². The Labute approximate surface area is 130 Å². The van der Waals surface area contributed by atoms with Gasteiger partial charge in [0.15, 0.2) is 0 Å². The van der Waals surface area contributed by atoms with E-state index in [-0.39, 0.29) is 5.54 Å². The maximum Gasteiger partial charge on any atom is 0.118 e. The second kappa shape index (κ2) is 7.81. The first-order valence-corrected chi connectivity index (χ1v) is 7.97. The van der Waals surface area contributed by atoms with E-state index < -0.39 is 0 Å². The summed E-state index contributed by atoms with van der Waals surface area (Å²) in [4.78, 5) is 2.28. The smallest absolute Gasteiger partial charge is 0.118 e. The van der Waals surface area contributed by atoms with Gasteiger partial charge in [-0.3, -0.25) is 0 Å². The Balaban J connectivity index is 3.20. The number of methoxy groups -OCH3 is 1. The molecule has 0 saturated heterocycles. The van der Waals surface area contributed by atoms with Crippen LogP contribution in [-0.2, 0) is 5.54 Å². The summed E-state index contributed by atoms with van der Waals surface area (Å²) in [7, 11) is 5.96. The average molecular weight is 292 g/mol. The molecule has 0 radical (unpaired) electrons. The number of hydrogen-bond donors (Lipinski definition) is 1. The van der Waals surface area contributed by atoms with Gasteiger partial charge in [-0.2, -0.15) is 0 Å². The Morgan fingerprint density at radius 2 is 1.76 bits per heavy atom. The van der Waals surface area contributed by atoms with E-state index in [4.69, 9.17) is 10.5 Å². The molecule has 0 spiro atoms. The molecule has 0 aliphatic carbocycles. The number of nitrogens with two attached hydrogens (primary N) is 1. The Hall–Kier alpha value is -1.06. The minimum Gasteiger partial charge on any atom is -0.497 e. The zero-order valence-corrected chi connectivity index (χ0v) is 14.5. The van der Waals surface area contributed by atoms with Gasteiger partial charge in [-0.15, -0.1) is 0 Å². The predicted octanol–water partition coefficient (Wildman–Crippen LogP) is 3.63. The van der Waals surface area contributed by atoms with Crippen LogP contribution in [0.2, 0.25) is 0 Å². The molecule has 2 unspecified atom stereocenters. The monoisotopic (exact) mass is 292 g/mol. The summed E-state index contributed by atoms with van der Waals surface area (Å²) in [6.45, 7) is 6.66. The maximum absolute atomic E-state index is 6.96. The molecule has 0 aliphatic heterocycles. The van der Waals surface area contributed by atoms with Gasteiger partial charge in [0.1, 0.15) is 5.75 Å². The molecule has 120 valence electrons. The Kier molecular flexibility index (Phi) is 6.69. The van der Waals surface area contributed by atoms with Crippen molar-refractivity contribution in [3.8, 4) is 5.75 Å². The van der Waals surface area contributed by atoms with Crippen LogP contribution in [0, 0.1) is 5.92 Å². The maximum atomic E-state index is 6.96. The highest BCUT2D eigenvalue weighted by Gasteiger charge is 2.40. The van der Waals surface area contributed by atoms with Crippen LogP contribution >= 0.6 is 0 Å². The van der Waals surface area contributed by atoms with E-state index >= 15 is 0 Å². The average Bonchev–Trinajstić information content (AvgIpc) is 2.46. The lowest BCUT2D eigenvalue weighted by Gasteiger charge is -2.45. The summed E-state index contributed by atoms with van der Waals surface area (Å²) in [5, 5.41) is 0. The van der Waals surface area contributed by atoms with E-state index in [1.807, 2.05) is 12.1 Å². The minimum absolute atomic E-state index is 0.325. The van der Waals surface area contributed by atoms with Gasteiger partial charge >= 0.3 is 0 Å². The van der Waals surface area contributed by atoms with Crippen LogP contribution in [0.15, 0.2) is 24.3 Å². The Bertz CT molecular complexity index is 414. The second-order valence-electron chi connectivity index (χ2n) is 6.44. The van der Waals surface area contributed by atoms with Crippen LogP contribution < -0.4 is 10.5 Å². The molecular formula is C18H32N2O. The standard InChI is InChI=1S/C18H32N2O/c1-7-8-9-17(20(4)5)18(19,14(2)3)15-10-12-16(21-6)13-11-15/h10-14,17H,7-9,19H2,1-6H3. The molecule has 0 saturated carbocycles. The van der Waals surface area contributed by atoms with Gasteiger partial charge in [0, 0.05) is 6.04 Å². The number of unbranched alkanes of at least 4 members (excludes halogenated alkanes) is 1. The van der Waals surface area contributed by atoms with Crippen molar-refractivity contribution in [2.45, 2.75) is 51.6 Å². The van der Waals surface area contributed by atoms with E-state index in [2.05, 4.69) is 51.9 Å². The van der Waals surface area contributed by atoms with Gasteiger partial charge < -0.3 is 15.4 Å². The minimum atomic E-state index is -0.356. The van der Waals surface area contributed by atoms with Gasteiger partial charge in [-0.1, -0.05) is 45.7 Å². The van der Waals surface area contributed by atoms with Crippen LogP contribution in [0.25, 0.3) is 0 Å². The van der Waals surface area contributed by atoms with Gasteiger partial charge in [-0.05, 0) is 44.1 Å². The van der Waals surface area contributed by atoms with E-state index in [0.29, 0.717) is 12.0 Å². The van der Waals surface area contributed by atoms with Crippen molar-refractivity contribution in [2.24, 2.45) is 11.7 Å². The summed E-state index contributed by atoms with van der Waals surface area (Å²) in [6, 6.07) is 8.56. The molecule has 2 N–H and O–H groups in total. The molecule has 21 heavy (non-hydrogen) atoms. The number of likely N-dealkylation sites (N-methyl/N-ethyl adjacent to an activating group) is 1. The van der Waals surface area contributed by atoms with Gasteiger partial charge in [0.2, 0.25) is 0 Å². The molecular weight excluding hydrogens is 260 g/mol. The third-order valence-electron chi connectivity index (χ3n) is 4.55. The largest absolute Gasteiger partial charge is 0.497 e. The van der Waals surface area contributed by atoms with Crippen molar-refractivity contribution >= 4 is 0 Å². The number of ether oxygens (including phenoxy) is 1. The molecule has 1 rings (SSSR count). The molecule has 2 atom stereocenters. The predicted molar refractivity (Wildman–Crippen MR) is 90.7 cm³/mol. The molecule has 1 aromatic carbocycles. The lowest BCUT2D eigenvalue weighted by molar-refractivity contribution is 0.121. The molecule has 1 aromatic rings. The summed E-state index contributed by atoms with van der Waals surface area (Å²) in [5.74, 6) is 1.23. The second-order valence-corrected chi connectivity index (χ2v) is 6.44. The number of benzene rings is 1. The van der Waals surface area contributed by atoms with Crippen molar-refractivity contribution in [3.05, 3.63) is 29.8 Å². The molecule has 0 aromatic heterocycles. The number of rotatable bonds is 8. The fraction of sp³-hybridized carbons (Fsp3) is 0.667. The van der Waals surface area contributed by atoms with Gasteiger partial charge in [0.05, 0.1) is 12.6 Å². The van der Waals surface area contributed by atoms with Crippen molar-refractivity contribution in [3.63, 3.8) is 0 Å². The van der Waals surface area contributed by atoms with E-state index in [9.17, 15) is 0 Å². The Morgan fingerprint density at radius 1 is 1.19 bits per heavy atom. The molecule has 3 nitrogen and oxygen atoms in total. The fourth-order valence-corrected chi connectivity index (χ4v) is 3.11. The van der Waals surface area contributed by atoms with Crippen LogP contribution in [0.4, 0.5) is 0 Å². The summed E-state index contributed by atoms with van der Waals surface area (Å²) in [6.07, 6.45) is 3.51. The third kappa shape index (κ3) is 3.98. The highest BCUT2D eigenvalue weighted by atomic mass is 16.5. The fourth-order valence-electron chi connectivity index (χ4n) is 3.11. The van der Waals surface area contributed by atoms with Crippen LogP contribution in [-0.4, -0.2) is 32.1 Å². The van der Waals surface area contributed by atoms with Crippen LogP contribution in [0.3, 0.4) is 0 Å². The first kappa shape index (κ1) is 18.0. The Morgan fingerprint density at radius 3 is 2.14 bits per heavy atom. The molecule has 0 heterocycles. The molecule has 0 aliphatic rings. The first-order chi connectivity index (χ1) is 9.87. The normalized spacial score (nSPS) is 16.0. The van der Waals surface area contributed by atoms with Gasteiger partial charge in [-0.25, -0.2) is 0 Å². The van der Waals surface area contributed by atoms with Crippen molar-refractivity contribution in [1.82, 2.24) is 4.90 Å². The van der Waals surface area contributed by atoms with Crippen molar-refractivity contribution < 1.29 is 4.74 Å². The SMILES string of the molecule is CCCCC(N(C)C)C(N)(c1ccc(OC)cc1)C(C)C. The zero-order valence-electron chi connectivity index (χ0n) is 14.5. The third-order valence-corrected chi connectivity index (χ3v) is 4.55. The zero-order chi connectivity index (χ0) is 16.0. The van der Waals surface area contributed by atoms with Crippen molar-refractivity contribution in [1.29, 1.82) is 0 Å². The summed E-state index contributed by atoms with van der Waals surface area (Å²) < 4.78 is 5.26. The molecule has 0 amide bonds. The van der Waals surface area contributed by atoms with E-state index in [0.717, 1.165) is 12.2 Å². The lowest BCUT2D eigenvalue weighted by atomic mass is 9.73. The molecule has 0 fully saturated rings. The van der Waals surface area contributed by atoms with E-state index in [1.165, 1.54) is 18.4 Å². The van der Waals surface area contributed by atoms with Crippen LogP contribution in [0.1, 0.15) is 45.6 Å². The number of nitrogens with zero attached hydrogens (tertiary/aromatic N) is 1. The van der Waals surface area contributed by atoms with E-state index in [1.54, 1.807) is 7.11 Å². The first-order valence-electron chi connectivity index (χ1n) is 7.97. The lowest BCUT2D eigenvalue weighted by Crippen LogP contribution is -2.57. The summed E-state index contributed by atoms with van der Waals surface area (Å²) in [5.41, 5.74) is 7.79. The van der Waals surface area contributed by atoms with Crippen molar-refractivity contribution in [2.75, 3.05) is 21.2 Å². The quantitative estimate of drug-likeness (QED) is 0.795. The highest BCUT2D eigenvalue weighted by Crippen LogP contribution is 2.35. The molecule has 0 bridgehead atoms. The van der Waals surface area contributed by atoms with Gasteiger partial charge in [0.25, 0.3) is 0 Å².